The summed E-state index contributed by atoms with van der Waals surface area (Å²) >= 11 is 0. The number of imidazole rings is 1. The molecule has 0 N–H and O–H groups in total. The van der Waals surface area contributed by atoms with E-state index in [0.717, 1.165) is 15.7 Å². The minimum absolute atomic E-state index is 0.183. The highest BCUT2D eigenvalue weighted by molar-refractivity contribution is 5.76. The molecule has 130 valence electrons. The van der Waals surface area contributed by atoms with Gasteiger partial charge in [-0.05, 0) is 25.5 Å². The fourth-order valence-electron chi connectivity index (χ4n) is 2.72. The highest BCUT2D eigenvalue weighted by atomic mass is 16.5. The number of esters is 1. The Hall–Kier alpha value is -3.16. The van der Waals surface area contributed by atoms with Crippen LogP contribution in [-0.2, 0) is 25.4 Å². The molecule has 0 unspecified atom stereocenters. The minimum Gasteiger partial charge on any atom is -0.425 e. The Morgan fingerprint density at radius 2 is 1.88 bits per heavy atom. The number of carbonyl (C=O) groups is 1. The molecule has 0 aliphatic carbocycles. The number of rotatable bonds is 3. The fraction of sp³-hybridized carbons (Fsp3) is 0.294. The molecule has 3 rings (SSSR count). The van der Waals surface area contributed by atoms with Crippen LogP contribution in [0.3, 0.4) is 0 Å². The smallest absolute Gasteiger partial charge is 0.332 e. The molecule has 0 atom stereocenters. The van der Waals surface area contributed by atoms with Gasteiger partial charge in [0.2, 0.25) is 0 Å². The number of hydrogen-bond acceptors (Lipinski definition) is 5. The molecule has 0 fully saturated rings. The van der Waals surface area contributed by atoms with E-state index < -0.39 is 17.2 Å². The second-order valence-electron chi connectivity index (χ2n) is 5.99. The van der Waals surface area contributed by atoms with E-state index in [0.29, 0.717) is 5.75 Å². The lowest BCUT2D eigenvalue weighted by molar-refractivity contribution is -0.135. The zero-order chi connectivity index (χ0) is 18.3. The van der Waals surface area contributed by atoms with E-state index in [1.807, 2.05) is 26.0 Å². The summed E-state index contributed by atoms with van der Waals surface area (Å²) in [6, 6.07) is 5.51. The van der Waals surface area contributed by atoms with Gasteiger partial charge in [0.25, 0.3) is 5.56 Å². The Labute approximate surface area is 142 Å². The van der Waals surface area contributed by atoms with Gasteiger partial charge in [0.1, 0.15) is 12.3 Å². The van der Waals surface area contributed by atoms with E-state index in [2.05, 4.69) is 4.98 Å². The molecular weight excluding hydrogens is 324 g/mol. The second kappa shape index (κ2) is 6.04. The molecule has 0 aliphatic rings. The van der Waals surface area contributed by atoms with Crippen LogP contribution in [0.15, 0.2) is 34.1 Å². The van der Waals surface area contributed by atoms with Crippen LogP contribution in [0.1, 0.15) is 11.1 Å². The van der Waals surface area contributed by atoms with Crippen molar-refractivity contribution in [3.63, 3.8) is 0 Å². The molecule has 1 aromatic carbocycles. The van der Waals surface area contributed by atoms with Gasteiger partial charge in [0, 0.05) is 14.1 Å². The molecule has 8 heteroatoms. The van der Waals surface area contributed by atoms with E-state index in [-0.39, 0.29) is 17.7 Å². The first-order chi connectivity index (χ1) is 11.8. The van der Waals surface area contributed by atoms with Crippen LogP contribution in [-0.4, -0.2) is 24.7 Å². The summed E-state index contributed by atoms with van der Waals surface area (Å²) in [5, 5.41) is 0. The number of carbonyl (C=O) groups excluding carboxylic acids is 1. The van der Waals surface area contributed by atoms with Gasteiger partial charge in [-0.2, -0.15) is 0 Å². The van der Waals surface area contributed by atoms with Crippen LogP contribution in [0.4, 0.5) is 0 Å². The maximum atomic E-state index is 12.4. The quantitative estimate of drug-likeness (QED) is 0.515. The molecule has 0 amide bonds. The van der Waals surface area contributed by atoms with Crippen molar-refractivity contribution in [2.45, 2.75) is 20.4 Å². The Morgan fingerprint density at radius 3 is 2.56 bits per heavy atom. The fourth-order valence-corrected chi connectivity index (χ4v) is 2.72. The van der Waals surface area contributed by atoms with Crippen molar-refractivity contribution in [3.05, 3.63) is 56.5 Å². The van der Waals surface area contributed by atoms with Crippen molar-refractivity contribution in [1.82, 2.24) is 18.7 Å². The predicted octanol–water partition coefficient (Wildman–Crippen LogP) is 0.656. The maximum absolute atomic E-state index is 12.4. The van der Waals surface area contributed by atoms with Gasteiger partial charge < -0.3 is 9.30 Å². The molecule has 0 bridgehead atoms. The molecule has 2 aromatic heterocycles. The topological polar surface area (TPSA) is 88.1 Å². The first-order valence-electron chi connectivity index (χ1n) is 7.68. The zero-order valence-electron chi connectivity index (χ0n) is 14.4. The lowest BCUT2D eigenvalue weighted by atomic mass is 10.1. The van der Waals surface area contributed by atoms with Crippen LogP contribution in [0.5, 0.6) is 5.75 Å². The third-order valence-electron chi connectivity index (χ3n) is 4.07. The van der Waals surface area contributed by atoms with Crippen molar-refractivity contribution < 1.29 is 9.53 Å². The molecule has 0 saturated heterocycles. The summed E-state index contributed by atoms with van der Waals surface area (Å²) < 4.78 is 9.02. The standard InChI is InChI=1S/C17H18N4O4/c1-10-5-6-12(11(2)7-10)25-13(22)8-21-9-18-15-14(21)16(23)20(4)17(24)19(15)3/h5-7,9H,8H2,1-4H3. The van der Waals surface area contributed by atoms with E-state index in [1.165, 1.54) is 29.6 Å². The van der Waals surface area contributed by atoms with Crippen molar-refractivity contribution in [2.24, 2.45) is 14.1 Å². The largest absolute Gasteiger partial charge is 0.425 e. The molecule has 25 heavy (non-hydrogen) atoms. The third-order valence-corrected chi connectivity index (χ3v) is 4.07. The summed E-state index contributed by atoms with van der Waals surface area (Å²) in [6.45, 7) is 3.63. The molecule has 0 aliphatic heterocycles. The van der Waals surface area contributed by atoms with Gasteiger partial charge in [-0.1, -0.05) is 17.7 Å². The molecule has 8 nitrogen and oxygen atoms in total. The van der Waals surface area contributed by atoms with Gasteiger partial charge in [-0.3, -0.25) is 13.9 Å². The van der Waals surface area contributed by atoms with E-state index in [4.69, 9.17) is 4.74 Å². The molecular formula is C17H18N4O4. The Morgan fingerprint density at radius 1 is 1.16 bits per heavy atom. The Balaban J connectivity index is 1.94. The van der Waals surface area contributed by atoms with E-state index in [9.17, 15) is 14.4 Å². The highest BCUT2D eigenvalue weighted by Crippen LogP contribution is 2.19. The summed E-state index contributed by atoms with van der Waals surface area (Å²) in [5.74, 6) is -0.0533. The normalized spacial score (nSPS) is 11.0. The second-order valence-corrected chi connectivity index (χ2v) is 5.99. The Kier molecular flexibility index (Phi) is 4.03. The summed E-state index contributed by atoms with van der Waals surface area (Å²) in [6.07, 6.45) is 1.36. The van der Waals surface area contributed by atoms with E-state index in [1.54, 1.807) is 6.07 Å². The summed E-state index contributed by atoms with van der Waals surface area (Å²) in [4.78, 5) is 40.6. The van der Waals surface area contributed by atoms with Crippen LogP contribution < -0.4 is 16.0 Å². The average Bonchev–Trinajstić information content (AvgIpc) is 2.97. The van der Waals surface area contributed by atoms with Gasteiger partial charge >= 0.3 is 11.7 Å². The zero-order valence-corrected chi connectivity index (χ0v) is 14.4. The predicted molar refractivity (Wildman–Crippen MR) is 91.8 cm³/mol. The van der Waals surface area contributed by atoms with E-state index >= 15 is 0 Å². The SMILES string of the molecule is Cc1ccc(OC(=O)Cn2cnc3c2c(=O)n(C)c(=O)n3C)c(C)c1. The molecule has 0 radical (unpaired) electrons. The van der Waals surface area contributed by atoms with Gasteiger partial charge in [0.05, 0.1) is 6.33 Å². The highest BCUT2D eigenvalue weighted by Gasteiger charge is 2.17. The van der Waals surface area contributed by atoms with Gasteiger partial charge in [0.15, 0.2) is 11.2 Å². The van der Waals surface area contributed by atoms with Crippen LogP contribution in [0.2, 0.25) is 0 Å². The van der Waals surface area contributed by atoms with Crippen molar-refractivity contribution >= 4 is 17.1 Å². The summed E-state index contributed by atoms with van der Waals surface area (Å²) in [5.41, 5.74) is 1.36. The first kappa shape index (κ1) is 16.7. The minimum atomic E-state index is -0.526. The van der Waals surface area contributed by atoms with Gasteiger partial charge in [-0.25, -0.2) is 14.6 Å². The van der Waals surface area contributed by atoms with Crippen molar-refractivity contribution in [1.29, 1.82) is 0 Å². The van der Waals surface area contributed by atoms with Crippen LogP contribution in [0.25, 0.3) is 11.2 Å². The summed E-state index contributed by atoms with van der Waals surface area (Å²) in [7, 11) is 2.91. The number of hydrogen-bond donors (Lipinski definition) is 0. The Bertz CT molecular complexity index is 1100. The van der Waals surface area contributed by atoms with Crippen molar-refractivity contribution in [2.75, 3.05) is 0 Å². The third kappa shape index (κ3) is 2.86. The number of aromatic nitrogens is 4. The number of aryl methyl sites for hydroxylation is 3. The van der Waals surface area contributed by atoms with Gasteiger partial charge in [-0.15, -0.1) is 0 Å². The lowest BCUT2D eigenvalue weighted by Crippen LogP contribution is -2.37. The lowest BCUT2D eigenvalue weighted by Gasteiger charge is -2.09. The number of ether oxygens (including phenoxy) is 1. The molecule has 0 spiro atoms. The average molecular weight is 342 g/mol. The molecule has 2 heterocycles. The van der Waals surface area contributed by atoms with Crippen LogP contribution >= 0.6 is 0 Å². The monoisotopic (exact) mass is 342 g/mol. The number of fused-ring (bicyclic) bond motifs is 1. The van der Waals surface area contributed by atoms with Crippen LogP contribution in [0, 0.1) is 13.8 Å². The molecule has 3 aromatic rings. The number of benzene rings is 1. The number of nitrogens with zero attached hydrogens (tertiary/aromatic N) is 4. The maximum Gasteiger partial charge on any atom is 0.332 e. The van der Waals surface area contributed by atoms with Crippen molar-refractivity contribution in [3.8, 4) is 5.75 Å². The molecule has 0 saturated carbocycles. The first-order valence-corrected chi connectivity index (χ1v) is 7.68.